The summed E-state index contributed by atoms with van der Waals surface area (Å²) in [5.41, 5.74) is 7.13. The average molecular weight is 420 g/mol. The number of nitrogens with two attached hydrogens (primary N) is 1. The molecule has 28 heavy (non-hydrogen) atoms. The summed E-state index contributed by atoms with van der Waals surface area (Å²) in [4.78, 5) is 22.1. The maximum atomic E-state index is 13.3. The van der Waals surface area contributed by atoms with E-state index in [0.717, 1.165) is 16.0 Å². The molecule has 0 bridgehead atoms. The highest BCUT2D eigenvalue weighted by atomic mass is 35.5. The van der Waals surface area contributed by atoms with Crippen molar-refractivity contribution in [1.29, 1.82) is 0 Å². The van der Waals surface area contributed by atoms with Crippen LogP contribution in [-0.2, 0) is 14.8 Å². The van der Waals surface area contributed by atoms with Gasteiger partial charge >= 0.3 is 0 Å². The number of aromatic nitrogens is 3. The van der Waals surface area contributed by atoms with Crippen molar-refractivity contribution in [2.24, 2.45) is 5.73 Å². The van der Waals surface area contributed by atoms with Gasteiger partial charge in [-0.3, -0.25) is 4.79 Å². The van der Waals surface area contributed by atoms with Crippen LogP contribution >= 0.6 is 11.6 Å². The minimum atomic E-state index is -3.89. The standard InChI is InChI=1S/C18H18ClN5O3S/c1-11-4-6-12(7-5-11)28(26,27)24-10-8-13-15(24)17(22-18(19)21-13)23-9-2-3-14(23)16(20)25/h4-8,10,14H,2-3,9H2,1H3,(H2,20,25)/t14-/m0/s1. The topological polar surface area (TPSA) is 111 Å². The predicted molar refractivity (Wildman–Crippen MR) is 106 cm³/mol. The summed E-state index contributed by atoms with van der Waals surface area (Å²) in [5.74, 6) is -0.197. The first-order valence-electron chi connectivity index (χ1n) is 8.72. The van der Waals surface area contributed by atoms with Crippen molar-refractivity contribution in [2.45, 2.75) is 30.7 Å². The Kier molecular flexibility index (Phi) is 4.51. The Labute approximate surface area is 167 Å². The quantitative estimate of drug-likeness (QED) is 0.648. The van der Waals surface area contributed by atoms with Crippen molar-refractivity contribution in [1.82, 2.24) is 13.9 Å². The Morgan fingerprint density at radius 3 is 2.61 bits per heavy atom. The molecule has 1 atom stereocenters. The Hall–Kier alpha value is -2.65. The molecule has 1 amide bonds. The van der Waals surface area contributed by atoms with Crippen LogP contribution in [0.3, 0.4) is 0 Å². The van der Waals surface area contributed by atoms with Crippen molar-refractivity contribution in [3.63, 3.8) is 0 Å². The zero-order valence-electron chi connectivity index (χ0n) is 15.0. The fourth-order valence-corrected chi connectivity index (χ4v) is 5.03. The van der Waals surface area contributed by atoms with Gasteiger partial charge in [0.15, 0.2) is 5.82 Å². The van der Waals surface area contributed by atoms with E-state index < -0.39 is 22.0 Å². The molecule has 1 saturated heterocycles. The van der Waals surface area contributed by atoms with Gasteiger partial charge in [0.1, 0.15) is 11.6 Å². The summed E-state index contributed by atoms with van der Waals surface area (Å²) >= 11 is 6.06. The molecular weight excluding hydrogens is 402 g/mol. The number of halogens is 1. The van der Waals surface area contributed by atoms with Crippen LogP contribution < -0.4 is 10.6 Å². The second-order valence-corrected chi connectivity index (χ2v) is 8.89. The molecule has 1 fully saturated rings. The van der Waals surface area contributed by atoms with E-state index in [9.17, 15) is 13.2 Å². The van der Waals surface area contributed by atoms with Gasteiger partial charge in [0.05, 0.1) is 10.4 Å². The van der Waals surface area contributed by atoms with Gasteiger partial charge in [0, 0.05) is 12.7 Å². The Balaban J connectivity index is 1.94. The third-order valence-corrected chi connectivity index (χ3v) is 6.74. The molecule has 10 heteroatoms. The number of amides is 1. The first-order chi connectivity index (χ1) is 13.3. The zero-order chi connectivity index (χ0) is 20.1. The number of primary amides is 1. The number of hydrogen-bond acceptors (Lipinski definition) is 6. The Morgan fingerprint density at radius 2 is 1.93 bits per heavy atom. The molecule has 1 aromatic carbocycles. The first-order valence-corrected chi connectivity index (χ1v) is 10.5. The molecule has 146 valence electrons. The number of rotatable bonds is 4. The van der Waals surface area contributed by atoms with Crippen molar-refractivity contribution < 1.29 is 13.2 Å². The van der Waals surface area contributed by atoms with Crippen molar-refractivity contribution >= 4 is 44.4 Å². The van der Waals surface area contributed by atoms with Crippen LogP contribution in [0.25, 0.3) is 11.0 Å². The van der Waals surface area contributed by atoms with Crippen molar-refractivity contribution in [3.8, 4) is 0 Å². The molecular formula is C18H18ClN5O3S. The van der Waals surface area contributed by atoms with E-state index in [1.165, 1.54) is 6.20 Å². The van der Waals surface area contributed by atoms with Crippen LogP contribution in [-0.4, -0.2) is 40.9 Å². The smallest absolute Gasteiger partial charge is 0.268 e. The second kappa shape index (κ2) is 6.75. The summed E-state index contributed by atoms with van der Waals surface area (Å²) in [5, 5.41) is -0.0249. The van der Waals surface area contributed by atoms with Gasteiger partial charge in [-0.1, -0.05) is 17.7 Å². The number of anilines is 1. The van der Waals surface area contributed by atoms with Crippen LogP contribution in [0.4, 0.5) is 5.82 Å². The largest absolute Gasteiger partial charge is 0.368 e. The van der Waals surface area contributed by atoms with Gasteiger partial charge in [-0.15, -0.1) is 0 Å². The van der Waals surface area contributed by atoms with Gasteiger partial charge < -0.3 is 10.6 Å². The molecule has 0 spiro atoms. The Bertz CT molecular complexity index is 1170. The van der Waals surface area contributed by atoms with E-state index in [0.29, 0.717) is 18.5 Å². The lowest BCUT2D eigenvalue weighted by Crippen LogP contribution is -2.41. The molecule has 0 saturated carbocycles. The number of aryl methyl sites for hydroxylation is 1. The van der Waals surface area contributed by atoms with Crippen molar-refractivity contribution in [3.05, 3.63) is 47.4 Å². The lowest BCUT2D eigenvalue weighted by molar-refractivity contribution is -0.119. The normalized spacial score (nSPS) is 17.4. The van der Waals surface area contributed by atoms with E-state index in [2.05, 4.69) is 9.97 Å². The van der Waals surface area contributed by atoms with E-state index in [4.69, 9.17) is 17.3 Å². The molecule has 4 rings (SSSR count). The van der Waals surface area contributed by atoms with Crippen LogP contribution in [0, 0.1) is 6.92 Å². The zero-order valence-corrected chi connectivity index (χ0v) is 16.6. The summed E-state index contributed by atoms with van der Waals surface area (Å²) < 4.78 is 27.6. The molecule has 0 radical (unpaired) electrons. The van der Waals surface area contributed by atoms with Gasteiger partial charge in [0.25, 0.3) is 10.0 Å². The summed E-state index contributed by atoms with van der Waals surface area (Å²) in [6, 6.07) is 7.56. The molecule has 3 heterocycles. The predicted octanol–water partition coefficient (Wildman–Crippen LogP) is 2.08. The van der Waals surface area contributed by atoms with E-state index in [1.54, 1.807) is 35.2 Å². The van der Waals surface area contributed by atoms with Crippen LogP contribution in [0.15, 0.2) is 41.4 Å². The SMILES string of the molecule is Cc1ccc(S(=O)(=O)n2ccc3nc(Cl)nc(N4CCC[C@H]4C(N)=O)c32)cc1. The van der Waals surface area contributed by atoms with E-state index in [-0.39, 0.29) is 21.5 Å². The molecule has 1 aliphatic rings. The van der Waals surface area contributed by atoms with Gasteiger partial charge in [0.2, 0.25) is 11.2 Å². The molecule has 8 nitrogen and oxygen atoms in total. The molecule has 2 N–H and O–H groups in total. The highest BCUT2D eigenvalue weighted by Gasteiger charge is 2.33. The molecule has 0 unspecified atom stereocenters. The van der Waals surface area contributed by atoms with E-state index in [1.807, 2.05) is 6.92 Å². The lowest BCUT2D eigenvalue weighted by Gasteiger charge is -2.24. The van der Waals surface area contributed by atoms with Crippen LogP contribution in [0.1, 0.15) is 18.4 Å². The molecule has 0 aliphatic carbocycles. The summed E-state index contributed by atoms with van der Waals surface area (Å²) in [6.45, 7) is 2.40. The monoisotopic (exact) mass is 419 g/mol. The minimum Gasteiger partial charge on any atom is -0.368 e. The lowest BCUT2D eigenvalue weighted by atomic mass is 10.2. The van der Waals surface area contributed by atoms with Crippen LogP contribution in [0.5, 0.6) is 0 Å². The maximum Gasteiger partial charge on any atom is 0.268 e. The fraction of sp³-hybridized carbons (Fsp3) is 0.278. The van der Waals surface area contributed by atoms with Crippen molar-refractivity contribution in [2.75, 3.05) is 11.4 Å². The summed E-state index contributed by atoms with van der Waals surface area (Å²) in [6.07, 6.45) is 2.73. The number of benzene rings is 1. The number of carbonyl (C=O) groups is 1. The fourth-order valence-electron chi connectivity index (χ4n) is 3.51. The third-order valence-electron chi connectivity index (χ3n) is 4.88. The number of carbonyl (C=O) groups excluding carboxylic acids is 1. The van der Waals surface area contributed by atoms with E-state index >= 15 is 0 Å². The van der Waals surface area contributed by atoms with Gasteiger partial charge in [-0.05, 0) is 49.6 Å². The number of nitrogens with zero attached hydrogens (tertiary/aromatic N) is 4. The van der Waals surface area contributed by atoms with Gasteiger partial charge in [-0.2, -0.15) is 4.98 Å². The summed E-state index contributed by atoms with van der Waals surface area (Å²) in [7, 11) is -3.89. The number of hydrogen-bond donors (Lipinski definition) is 1. The average Bonchev–Trinajstić information content (AvgIpc) is 3.28. The Morgan fingerprint density at radius 1 is 1.21 bits per heavy atom. The molecule has 3 aromatic rings. The van der Waals surface area contributed by atoms with Crippen LogP contribution in [0.2, 0.25) is 5.28 Å². The van der Waals surface area contributed by atoms with Gasteiger partial charge in [-0.25, -0.2) is 17.4 Å². The molecule has 1 aliphatic heterocycles. The first kappa shape index (κ1) is 18.7. The highest BCUT2D eigenvalue weighted by molar-refractivity contribution is 7.90. The highest BCUT2D eigenvalue weighted by Crippen LogP contribution is 2.33. The maximum absolute atomic E-state index is 13.3. The third kappa shape index (κ3) is 3.00. The minimum absolute atomic E-state index is 0.0249. The second-order valence-electron chi connectivity index (χ2n) is 6.73. The number of fused-ring (bicyclic) bond motifs is 1. The molecule has 2 aromatic heterocycles.